The van der Waals surface area contributed by atoms with Crippen LogP contribution >= 0.6 is 0 Å². The monoisotopic (exact) mass is 894 g/mol. The molecule has 340 valence electrons. The van der Waals surface area contributed by atoms with Crippen molar-refractivity contribution in [1.82, 2.24) is 18.3 Å². The molecule has 10 nitrogen and oxygen atoms in total. The van der Waals surface area contributed by atoms with Gasteiger partial charge in [-0.3, -0.25) is 8.42 Å². The number of aliphatic hydroxyl groups is 2. The normalized spacial score (nSPS) is 18.9. The van der Waals surface area contributed by atoms with Gasteiger partial charge in [0, 0.05) is 92.2 Å². The lowest BCUT2D eigenvalue weighted by molar-refractivity contribution is 0.213. The van der Waals surface area contributed by atoms with Crippen LogP contribution in [0.25, 0.3) is 43.4 Å². The average molecular weight is 895 g/mol. The van der Waals surface area contributed by atoms with Gasteiger partial charge in [-0.1, -0.05) is 74.5 Å². The van der Waals surface area contributed by atoms with Gasteiger partial charge in [0.15, 0.2) is 24.2 Å². The minimum absolute atomic E-state index is 0.0500. The van der Waals surface area contributed by atoms with E-state index in [0.717, 1.165) is 25.9 Å². The van der Waals surface area contributed by atoms with Crippen molar-refractivity contribution in [2.24, 2.45) is 0 Å². The van der Waals surface area contributed by atoms with Gasteiger partial charge in [-0.05, 0) is 111 Å². The minimum atomic E-state index is -5.17. The Hall–Kier alpha value is -5.43. The molecule has 2 N–H and O–H groups in total. The molecule has 0 bridgehead atoms. The first-order valence-electron chi connectivity index (χ1n) is 23.0. The summed E-state index contributed by atoms with van der Waals surface area (Å²) in [6, 6.07) is 40.5. The molecule has 6 aromatic carbocycles. The van der Waals surface area contributed by atoms with Crippen molar-refractivity contribution in [2.75, 3.05) is 26.3 Å². The summed E-state index contributed by atoms with van der Waals surface area (Å²) in [6.07, 6.45) is 2.18. The zero-order valence-electron chi connectivity index (χ0n) is 38.9. The van der Waals surface area contributed by atoms with E-state index in [1.165, 1.54) is 86.3 Å². The van der Waals surface area contributed by atoms with E-state index in [1.807, 2.05) is 0 Å². The Kier molecular flexibility index (Phi) is 12.6. The highest BCUT2D eigenvalue weighted by atomic mass is 32.3. The quantitative estimate of drug-likeness (QED) is 0.0993. The van der Waals surface area contributed by atoms with Gasteiger partial charge in [-0.15, -0.1) is 0 Å². The molecule has 2 aliphatic heterocycles. The fourth-order valence-corrected chi connectivity index (χ4v) is 11.6. The summed E-state index contributed by atoms with van der Waals surface area (Å²) in [6.45, 7) is 21.9. The second-order valence-electron chi connectivity index (χ2n) is 19.1. The number of benzene rings is 6. The van der Waals surface area contributed by atoms with Crippen LogP contribution in [0, 0.1) is 21.1 Å². The molecule has 0 saturated carbocycles. The van der Waals surface area contributed by atoms with Crippen molar-refractivity contribution in [2.45, 2.75) is 104 Å². The molecular weight excluding hydrogens is 833 g/mol. The van der Waals surface area contributed by atoms with Crippen molar-refractivity contribution >= 4 is 53.7 Å². The fourth-order valence-electron chi connectivity index (χ4n) is 11.6. The first-order chi connectivity index (χ1) is 30.9. The van der Waals surface area contributed by atoms with Crippen molar-refractivity contribution in [1.29, 1.82) is 0 Å². The van der Waals surface area contributed by atoms with E-state index in [9.17, 15) is 10.2 Å². The molecule has 0 amide bonds. The largest absolute Gasteiger partial charge is 0.759 e. The summed E-state index contributed by atoms with van der Waals surface area (Å²) in [7, 11) is -5.17. The highest BCUT2D eigenvalue weighted by Gasteiger charge is 2.39. The summed E-state index contributed by atoms with van der Waals surface area (Å²) in [5.74, 6) is 0.972. The van der Waals surface area contributed by atoms with Gasteiger partial charge < -0.3 is 28.5 Å². The van der Waals surface area contributed by atoms with Crippen LogP contribution in [0.15, 0.2) is 109 Å². The molecule has 11 heteroatoms. The Bertz CT molecular complexity index is 3300. The van der Waals surface area contributed by atoms with E-state index in [2.05, 4.69) is 183 Å². The van der Waals surface area contributed by atoms with Crippen LogP contribution in [-0.4, -0.2) is 74.3 Å². The van der Waals surface area contributed by atoms with Gasteiger partial charge in [0.05, 0.1) is 10.7 Å². The second kappa shape index (κ2) is 17.8. The molecule has 2 atom stereocenters. The summed E-state index contributed by atoms with van der Waals surface area (Å²) in [4.78, 5) is 0. The lowest BCUT2D eigenvalue weighted by atomic mass is 9.82. The molecule has 2 aliphatic rings. The number of rotatable bonds is 6. The first kappa shape index (κ1) is 46.1. The maximum Gasteiger partial charge on any atom is 0.203 e. The average Bonchev–Trinajstić information content (AvgIpc) is 3.77. The van der Waals surface area contributed by atoms with Crippen LogP contribution in [0.5, 0.6) is 0 Å². The van der Waals surface area contributed by atoms with E-state index in [1.54, 1.807) is 0 Å². The zero-order valence-corrected chi connectivity index (χ0v) is 39.7. The highest BCUT2D eigenvalue weighted by molar-refractivity contribution is 7.79. The predicted molar refractivity (Wildman–Crippen MR) is 260 cm³/mol. The Morgan fingerprint density at radius 2 is 0.954 bits per heavy atom. The number of β-amino-alcohol motifs (C(OH)–C–C–N with tert-alkyl or cyclic N) is 2. The number of nitrogens with zero attached hydrogens (tertiary/aromatic N) is 4. The van der Waals surface area contributed by atoms with Crippen molar-refractivity contribution in [3.8, 4) is 0 Å². The molecule has 8 aromatic rings. The molecule has 0 saturated heterocycles. The van der Waals surface area contributed by atoms with Crippen molar-refractivity contribution in [3.05, 3.63) is 152 Å². The second-order valence-corrected chi connectivity index (χ2v) is 19.9. The lowest BCUT2D eigenvalue weighted by Crippen LogP contribution is -2.53. The third kappa shape index (κ3) is 8.49. The third-order valence-corrected chi connectivity index (χ3v) is 14.0. The zero-order chi connectivity index (χ0) is 46.6. The molecule has 0 spiro atoms. The van der Waals surface area contributed by atoms with Crippen molar-refractivity contribution in [3.63, 3.8) is 0 Å². The molecule has 2 unspecified atom stereocenters. The summed E-state index contributed by atoms with van der Waals surface area (Å²) in [5, 5.41) is 35.1. The van der Waals surface area contributed by atoms with E-state index in [-0.39, 0.29) is 24.3 Å². The predicted octanol–water partition coefficient (Wildman–Crippen LogP) is 7.84. The number of aliphatic hydroxyl groups excluding tert-OH is 2. The molecular formula is C54H62N4O6S. The number of aromatic nitrogens is 2. The Morgan fingerprint density at radius 3 is 1.29 bits per heavy atom. The summed E-state index contributed by atoms with van der Waals surface area (Å²) < 4.78 is 43.8. The topological polar surface area (TPSA) is 137 Å². The van der Waals surface area contributed by atoms with Gasteiger partial charge in [0.2, 0.25) is 10.7 Å². The number of hydrogen-bond acceptors (Lipinski definition) is 6. The van der Waals surface area contributed by atoms with Gasteiger partial charge in [-0.2, -0.15) is 0 Å². The molecule has 0 aliphatic carbocycles. The number of aryl methyl sites for hydroxylation is 2. The molecule has 4 heterocycles. The fraction of sp³-hybridized carbons (Fsp3) is 0.370. The number of fused-ring (bicyclic) bond motifs is 2. The van der Waals surface area contributed by atoms with Crippen molar-refractivity contribution < 1.29 is 27.7 Å². The van der Waals surface area contributed by atoms with Crippen LogP contribution in [0.4, 0.5) is 0 Å². The number of hydrogen-bond donors (Lipinski definition) is 2. The van der Waals surface area contributed by atoms with Gasteiger partial charge in [0.25, 0.3) is 0 Å². The van der Waals surface area contributed by atoms with Gasteiger partial charge >= 0.3 is 0 Å². The maximum atomic E-state index is 9.67. The Balaban J connectivity index is 0.000000161. The van der Waals surface area contributed by atoms with Crippen LogP contribution in [0.2, 0.25) is 0 Å². The first-order valence-corrected chi connectivity index (χ1v) is 24.3. The van der Waals surface area contributed by atoms with Gasteiger partial charge in [0.1, 0.15) is 13.2 Å². The van der Waals surface area contributed by atoms with E-state index in [0.29, 0.717) is 24.9 Å². The smallest absolute Gasteiger partial charge is 0.203 e. The van der Waals surface area contributed by atoms with E-state index >= 15 is 0 Å². The summed E-state index contributed by atoms with van der Waals surface area (Å²) >= 11 is 0. The Morgan fingerprint density at radius 1 is 0.600 bits per heavy atom. The van der Waals surface area contributed by atoms with Crippen LogP contribution in [-0.2, 0) is 23.5 Å². The molecule has 0 radical (unpaired) electrons. The lowest BCUT2D eigenvalue weighted by Gasteiger charge is -2.30. The molecule has 10 rings (SSSR count). The minimum Gasteiger partial charge on any atom is -0.759 e. The molecule has 0 fully saturated rings. The van der Waals surface area contributed by atoms with E-state index in [4.69, 9.17) is 17.5 Å². The molecule has 2 aromatic heterocycles. The summed E-state index contributed by atoms with van der Waals surface area (Å²) in [5.41, 5.74) is 5.52. The SMILES string of the molecule is CCn1/c(=c2/ccc3c(c2)C(C)CC(C)(C)[N+]=3CCO)c2cccc3cccc1c32.CCn1/c(=c2/ccc3c(c2)C(C)CC(C)(C)[N+]=3CCO)c2cccc3cccc1c32.O=S(=O)([O-])[O-]. The van der Waals surface area contributed by atoms with Crippen LogP contribution in [0.1, 0.15) is 91.2 Å². The standard InChI is InChI=1S/2C27H31N2O.H2O4S/c2*1-5-28-24-11-7-9-19-8-6-10-21(25(19)24)26(28)20-12-13-23-22(16-20)18(2)17-27(3,4)29(23)14-15-30;1-5(2,3)4/h2*6-13,16,18,30H,5,14-15,17H2,1-4H3;(H2,1,2,3,4)/q2*+1;/p-2. The molecule has 65 heavy (non-hydrogen) atoms. The Labute approximate surface area is 380 Å². The van der Waals surface area contributed by atoms with Crippen LogP contribution in [0.3, 0.4) is 0 Å². The van der Waals surface area contributed by atoms with Crippen LogP contribution < -0.4 is 19.9 Å². The van der Waals surface area contributed by atoms with E-state index < -0.39 is 10.4 Å². The highest BCUT2D eigenvalue weighted by Crippen LogP contribution is 2.34. The van der Waals surface area contributed by atoms with Gasteiger partial charge in [-0.25, -0.2) is 9.15 Å². The maximum absolute atomic E-state index is 9.67. The third-order valence-electron chi connectivity index (χ3n) is 14.0.